The molecule has 0 aromatic heterocycles. The van der Waals surface area contributed by atoms with Crippen LogP contribution in [-0.4, -0.2) is 5.17 Å². The smallest absolute Gasteiger partial charge is 0.128 e. The number of allylic oxidation sites excluding steroid dienone is 3. The van der Waals surface area contributed by atoms with Gasteiger partial charge in [-0.2, -0.15) is 0 Å². The largest absolute Gasteiger partial charge is 0.244 e. The first-order chi connectivity index (χ1) is 5.61. The van der Waals surface area contributed by atoms with Gasteiger partial charge in [0.05, 0.1) is 0 Å². The molecule has 0 aromatic rings. The number of hydrogen-bond acceptors (Lipinski definition) is 1. The lowest BCUT2D eigenvalue weighted by molar-refractivity contribution is 0.789. The average Bonchev–Trinajstić information content (AvgIpc) is 2.04. The topological polar surface area (TPSA) is 12.4 Å². The van der Waals surface area contributed by atoms with Crippen LogP contribution in [0.15, 0.2) is 42.1 Å². The second kappa shape index (κ2) is 5.78. The zero-order chi connectivity index (χ0) is 9.56. The predicted octanol–water partition coefficient (Wildman–Crippen LogP) is 3.54. The van der Waals surface area contributed by atoms with Crippen LogP contribution in [0.4, 0.5) is 0 Å². The third-order valence-electron chi connectivity index (χ3n) is 1.41. The Labute approximate surface area is 79.2 Å². The van der Waals surface area contributed by atoms with E-state index in [-0.39, 0.29) is 0 Å². The molecule has 0 aromatic carbocycles. The van der Waals surface area contributed by atoms with Crippen molar-refractivity contribution in [1.82, 2.24) is 0 Å². The molecule has 0 fully saturated rings. The van der Waals surface area contributed by atoms with Crippen molar-refractivity contribution in [3.8, 4) is 0 Å². The Morgan fingerprint density at radius 1 is 1.33 bits per heavy atom. The quantitative estimate of drug-likeness (QED) is 0.467. The molecule has 12 heavy (non-hydrogen) atoms. The second-order valence-corrected chi connectivity index (χ2v) is 3.03. The third-order valence-corrected chi connectivity index (χ3v) is 1.66. The molecule has 1 nitrogen and oxygen atoms in total. The summed E-state index contributed by atoms with van der Waals surface area (Å²) < 4.78 is 0. The van der Waals surface area contributed by atoms with E-state index in [0.717, 1.165) is 5.57 Å². The summed E-state index contributed by atoms with van der Waals surface area (Å²) in [5.74, 6) is 0.417. The summed E-state index contributed by atoms with van der Waals surface area (Å²) in [4.78, 5) is 3.97. The van der Waals surface area contributed by atoms with Gasteiger partial charge in [-0.1, -0.05) is 44.7 Å². The van der Waals surface area contributed by atoms with Crippen molar-refractivity contribution >= 4 is 16.8 Å². The van der Waals surface area contributed by atoms with E-state index in [1.54, 1.807) is 12.3 Å². The number of hydrogen-bond donors (Lipinski definition) is 0. The Morgan fingerprint density at radius 3 is 2.25 bits per heavy atom. The van der Waals surface area contributed by atoms with Crippen molar-refractivity contribution in [2.75, 3.05) is 0 Å². The maximum absolute atomic E-state index is 5.62. The highest BCUT2D eigenvalue weighted by Gasteiger charge is 1.96. The standard InChI is InChI=1S/C10H14ClN/c1-5-9(8(3)4)7-12-10(11)6-2/h5-8H,1-2H2,3-4H3/b9-7+,12-10?. The maximum atomic E-state index is 5.62. The molecule has 0 saturated carbocycles. The van der Waals surface area contributed by atoms with Crippen LogP contribution < -0.4 is 0 Å². The van der Waals surface area contributed by atoms with Gasteiger partial charge >= 0.3 is 0 Å². The van der Waals surface area contributed by atoms with Gasteiger partial charge in [0.25, 0.3) is 0 Å². The van der Waals surface area contributed by atoms with Gasteiger partial charge in [0, 0.05) is 6.20 Å². The molecule has 0 heterocycles. The molecule has 0 bridgehead atoms. The van der Waals surface area contributed by atoms with E-state index >= 15 is 0 Å². The van der Waals surface area contributed by atoms with E-state index in [4.69, 9.17) is 11.6 Å². The van der Waals surface area contributed by atoms with Gasteiger partial charge in [-0.05, 0) is 17.6 Å². The van der Waals surface area contributed by atoms with E-state index in [0.29, 0.717) is 11.1 Å². The first-order valence-electron chi connectivity index (χ1n) is 3.80. The SMILES string of the molecule is C=CC(Cl)=N/C=C(\C=C)C(C)C. The van der Waals surface area contributed by atoms with Crippen LogP contribution in [0.25, 0.3) is 0 Å². The summed E-state index contributed by atoms with van der Waals surface area (Å²) in [7, 11) is 0. The highest BCUT2D eigenvalue weighted by Crippen LogP contribution is 2.10. The van der Waals surface area contributed by atoms with Crippen LogP contribution in [-0.2, 0) is 0 Å². The summed E-state index contributed by atoms with van der Waals surface area (Å²) in [6.45, 7) is 11.3. The van der Waals surface area contributed by atoms with Gasteiger partial charge in [0.2, 0.25) is 0 Å². The van der Waals surface area contributed by atoms with Gasteiger partial charge in [-0.25, -0.2) is 4.99 Å². The minimum atomic E-state index is 0.398. The molecule has 0 spiro atoms. The van der Waals surface area contributed by atoms with Crippen molar-refractivity contribution in [2.24, 2.45) is 10.9 Å². The molecule has 0 saturated heterocycles. The van der Waals surface area contributed by atoms with Crippen LogP contribution in [0.5, 0.6) is 0 Å². The first kappa shape index (κ1) is 11.2. The van der Waals surface area contributed by atoms with Crippen molar-refractivity contribution in [2.45, 2.75) is 13.8 Å². The first-order valence-corrected chi connectivity index (χ1v) is 4.17. The molecule has 66 valence electrons. The molecule has 0 aliphatic rings. The predicted molar refractivity (Wildman–Crippen MR) is 56.6 cm³/mol. The van der Waals surface area contributed by atoms with Gasteiger partial charge in [-0.3, -0.25) is 0 Å². The van der Waals surface area contributed by atoms with E-state index in [9.17, 15) is 0 Å². The van der Waals surface area contributed by atoms with Gasteiger partial charge in [0.15, 0.2) is 0 Å². The monoisotopic (exact) mass is 183 g/mol. The molecule has 0 aliphatic carbocycles. The van der Waals surface area contributed by atoms with Crippen molar-refractivity contribution in [1.29, 1.82) is 0 Å². The van der Waals surface area contributed by atoms with Crippen LogP contribution in [0.2, 0.25) is 0 Å². The summed E-state index contributed by atoms with van der Waals surface area (Å²) in [6.07, 6.45) is 4.99. The van der Waals surface area contributed by atoms with Crippen molar-refractivity contribution in [3.63, 3.8) is 0 Å². The number of aliphatic imine (C=N–C) groups is 1. The number of halogens is 1. The highest BCUT2D eigenvalue weighted by molar-refractivity contribution is 6.68. The fourth-order valence-electron chi connectivity index (χ4n) is 0.626. The van der Waals surface area contributed by atoms with E-state index < -0.39 is 0 Å². The minimum absolute atomic E-state index is 0.398. The summed E-state index contributed by atoms with van der Waals surface area (Å²) >= 11 is 5.62. The van der Waals surface area contributed by atoms with Gasteiger partial charge in [-0.15, -0.1) is 0 Å². The Bertz CT molecular complexity index is 224. The summed E-state index contributed by atoms with van der Waals surface area (Å²) in [5.41, 5.74) is 1.06. The molecule has 2 heteroatoms. The molecule has 0 radical (unpaired) electrons. The van der Waals surface area contributed by atoms with Crippen LogP contribution in [0, 0.1) is 5.92 Å². The summed E-state index contributed by atoms with van der Waals surface area (Å²) in [6, 6.07) is 0. The molecular weight excluding hydrogens is 170 g/mol. The van der Waals surface area contributed by atoms with Crippen LogP contribution >= 0.6 is 11.6 Å². The van der Waals surface area contributed by atoms with E-state index in [1.807, 2.05) is 0 Å². The molecule has 0 N–H and O–H groups in total. The lowest BCUT2D eigenvalue weighted by Gasteiger charge is -2.02. The molecule has 0 amide bonds. The minimum Gasteiger partial charge on any atom is -0.244 e. The fraction of sp³-hybridized carbons (Fsp3) is 0.300. The molecular formula is C10H14ClN. The lowest BCUT2D eigenvalue weighted by Crippen LogP contribution is -1.89. The molecule has 0 aliphatic heterocycles. The lowest BCUT2D eigenvalue weighted by atomic mass is 10.1. The Balaban J connectivity index is 4.50. The van der Waals surface area contributed by atoms with Crippen LogP contribution in [0.3, 0.4) is 0 Å². The van der Waals surface area contributed by atoms with Gasteiger partial charge in [0.1, 0.15) is 5.17 Å². The molecule has 0 atom stereocenters. The fourth-order valence-corrected chi connectivity index (χ4v) is 0.675. The average molecular weight is 184 g/mol. The normalized spacial score (nSPS) is 13.3. The second-order valence-electron chi connectivity index (χ2n) is 2.64. The summed E-state index contributed by atoms with van der Waals surface area (Å²) in [5, 5.41) is 0.398. The van der Waals surface area contributed by atoms with Crippen LogP contribution in [0.1, 0.15) is 13.8 Å². The third kappa shape index (κ3) is 4.14. The zero-order valence-electron chi connectivity index (χ0n) is 7.55. The Hall–Kier alpha value is -0.820. The zero-order valence-corrected chi connectivity index (χ0v) is 8.30. The highest BCUT2D eigenvalue weighted by atomic mass is 35.5. The van der Waals surface area contributed by atoms with Crippen molar-refractivity contribution < 1.29 is 0 Å². The Morgan fingerprint density at radius 2 is 1.92 bits per heavy atom. The van der Waals surface area contributed by atoms with Crippen molar-refractivity contribution in [3.05, 3.63) is 37.1 Å². The maximum Gasteiger partial charge on any atom is 0.128 e. The molecule has 0 unspecified atom stereocenters. The van der Waals surface area contributed by atoms with E-state index in [1.165, 1.54) is 6.08 Å². The number of rotatable bonds is 4. The van der Waals surface area contributed by atoms with Gasteiger partial charge < -0.3 is 0 Å². The molecule has 0 rings (SSSR count). The van der Waals surface area contributed by atoms with E-state index in [2.05, 4.69) is 32.0 Å². The Kier molecular flexibility index (Phi) is 5.39. The number of nitrogens with zero attached hydrogens (tertiary/aromatic N) is 1.